The first-order chi connectivity index (χ1) is 6.68. The number of hydrogen-bond acceptors (Lipinski definition) is 3. The Bertz CT molecular complexity index is 276. The molecule has 5 heteroatoms. The van der Waals surface area contributed by atoms with Crippen LogP contribution in [0.1, 0.15) is 0 Å². The van der Waals surface area contributed by atoms with Crippen LogP contribution in [-0.2, 0) is 13.3 Å². The number of halogens is 1. The van der Waals surface area contributed by atoms with Crippen molar-refractivity contribution in [3.05, 3.63) is 29.3 Å². The van der Waals surface area contributed by atoms with Gasteiger partial charge in [-0.2, -0.15) is 0 Å². The average molecular weight is 233 g/mol. The molecule has 1 aromatic carbocycles. The molecular formula is C9H13ClO3Si. The Hall–Kier alpha value is -0.393. The van der Waals surface area contributed by atoms with Crippen LogP contribution in [0.15, 0.2) is 24.3 Å². The third kappa shape index (κ3) is 2.16. The van der Waals surface area contributed by atoms with E-state index in [1.807, 2.05) is 12.1 Å². The molecule has 0 heterocycles. The molecule has 0 aromatic heterocycles. The third-order valence-corrected chi connectivity index (χ3v) is 4.91. The van der Waals surface area contributed by atoms with Gasteiger partial charge in [0.15, 0.2) is 0 Å². The van der Waals surface area contributed by atoms with Crippen molar-refractivity contribution >= 4 is 25.6 Å². The first-order valence-corrected chi connectivity index (χ1v) is 6.20. The Morgan fingerprint density at radius 3 is 1.71 bits per heavy atom. The zero-order valence-corrected chi connectivity index (χ0v) is 10.2. The minimum atomic E-state index is -2.68. The van der Waals surface area contributed by atoms with Gasteiger partial charge in [-0.3, -0.25) is 0 Å². The van der Waals surface area contributed by atoms with Crippen LogP contribution in [0.5, 0.6) is 0 Å². The average Bonchev–Trinajstić information content (AvgIpc) is 2.24. The SMILES string of the molecule is CO[Si](OC)(OC)c1ccc(Cl)cc1. The number of rotatable bonds is 4. The van der Waals surface area contributed by atoms with E-state index in [2.05, 4.69) is 0 Å². The summed E-state index contributed by atoms with van der Waals surface area (Å²) in [5.74, 6) is 0. The zero-order chi connectivity index (χ0) is 10.6. The topological polar surface area (TPSA) is 27.7 Å². The molecule has 0 radical (unpaired) electrons. The molecule has 0 aliphatic carbocycles. The van der Waals surface area contributed by atoms with Gasteiger partial charge < -0.3 is 13.3 Å². The normalized spacial score (nSPS) is 11.7. The van der Waals surface area contributed by atoms with Crippen molar-refractivity contribution in [2.75, 3.05) is 21.3 Å². The summed E-state index contributed by atoms with van der Waals surface area (Å²) in [5, 5.41) is 1.58. The van der Waals surface area contributed by atoms with E-state index in [0.29, 0.717) is 5.02 Å². The molecule has 0 N–H and O–H groups in total. The van der Waals surface area contributed by atoms with Gasteiger partial charge in [0.2, 0.25) is 0 Å². The summed E-state index contributed by atoms with van der Waals surface area (Å²) in [6.45, 7) is 0. The fourth-order valence-electron chi connectivity index (χ4n) is 1.26. The first kappa shape index (κ1) is 11.7. The van der Waals surface area contributed by atoms with E-state index in [-0.39, 0.29) is 0 Å². The van der Waals surface area contributed by atoms with Crippen LogP contribution in [0.25, 0.3) is 0 Å². The van der Waals surface area contributed by atoms with E-state index in [1.165, 1.54) is 0 Å². The summed E-state index contributed by atoms with van der Waals surface area (Å²) in [5.41, 5.74) is 0. The van der Waals surface area contributed by atoms with Gasteiger partial charge >= 0.3 is 8.80 Å². The van der Waals surface area contributed by atoms with Crippen molar-refractivity contribution in [3.8, 4) is 0 Å². The molecule has 1 rings (SSSR count). The number of benzene rings is 1. The smallest absolute Gasteiger partial charge is 0.373 e. The van der Waals surface area contributed by atoms with Crippen molar-refractivity contribution in [1.82, 2.24) is 0 Å². The van der Waals surface area contributed by atoms with Crippen molar-refractivity contribution < 1.29 is 13.3 Å². The van der Waals surface area contributed by atoms with E-state index < -0.39 is 8.80 Å². The standard InChI is InChI=1S/C9H13ClO3Si/c1-11-14(12-2,13-3)9-6-4-8(10)5-7-9/h4-7H,1-3H3. The number of hydrogen-bond donors (Lipinski definition) is 0. The lowest BCUT2D eigenvalue weighted by Gasteiger charge is -2.24. The van der Waals surface area contributed by atoms with Gasteiger partial charge in [-0.05, 0) is 12.1 Å². The monoisotopic (exact) mass is 232 g/mol. The molecule has 0 aliphatic heterocycles. The van der Waals surface area contributed by atoms with Crippen molar-refractivity contribution in [3.63, 3.8) is 0 Å². The second kappa shape index (κ2) is 4.91. The van der Waals surface area contributed by atoms with Crippen molar-refractivity contribution in [2.45, 2.75) is 0 Å². The van der Waals surface area contributed by atoms with Crippen LogP contribution in [0.2, 0.25) is 5.02 Å². The molecule has 0 bridgehead atoms. The van der Waals surface area contributed by atoms with Gasteiger partial charge in [-0.15, -0.1) is 0 Å². The largest absolute Gasteiger partial charge is 0.536 e. The van der Waals surface area contributed by atoms with E-state index in [4.69, 9.17) is 24.9 Å². The highest BCUT2D eigenvalue weighted by Gasteiger charge is 2.40. The maximum Gasteiger partial charge on any atom is 0.536 e. The maximum absolute atomic E-state index is 5.78. The Morgan fingerprint density at radius 1 is 0.929 bits per heavy atom. The Kier molecular flexibility index (Phi) is 4.09. The lowest BCUT2D eigenvalue weighted by atomic mass is 10.4. The van der Waals surface area contributed by atoms with E-state index >= 15 is 0 Å². The summed E-state index contributed by atoms with van der Waals surface area (Å²) in [6.07, 6.45) is 0. The van der Waals surface area contributed by atoms with E-state index in [9.17, 15) is 0 Å². The quantitative estimate of drug-likeness (QED) is 0.735. The van der Waals surface area contributed by atoms with Gasteiger partial charge in [0.05, 0.1) is 0 Å². The van der Waals surface area contributed by atoms with Gasteiger partial charge in [0, 0.05) is 31.5 Å². The summed E-state index contributed by atoms with van der Waals surface area (Å²) >= 11 is 5.78. The highest BCUT2D eigenvalue weighted by molar-refractivity contribution is 6.75. The van der Waals surface area contributed by atoms with Crippen LogP contribution in [-0.4, -0.2) is 30.1 Å². The predicted molar refractivity (Wildman–Crippen MR) is 57.9 cm³/mol. The summed E-state index contributed by atoms with van der Waals surface area (Å²) in [6, 6.07) is 7.28. The molecule has 0 amide bonds. The zero-order valence-electron chi connectivity index (χ0n) is 8.41. The second-order valence-electron chi connectivity index (χ2n) is 2.68. The highest BCUT2D eigenvalue weighted by atomic mass is 35.5. The lowest BCUT2D eigenvalue weighted by Crippen LogP contribution is -2.54. The molecule has 0 unspecified atom stereocenters. The summed E-state index contributed by atoms with van der Waals surface area (Å²) < 4.78 is 15.9. The maximum atomic E-state index is 5.78. The third-order valence-electron chi connectivity index (χ3n) is 2.00. The molecule has 0 aliphatic rings. The van der Waals surface area contributed by atoms with Crippen LogP contribution < -0.4 is 5.19 Å². The van der Waals surface area contributed by atoms with Crippen LogP contribution in [0.3, 0.4) is 0 Å². The van der Waals surface area contributed by atoms with Crippen LogP contribution in [0, 0.1) is 0 Å². The Morgan fingerprint density at radius 2 is 1.36 bits per heavy atom. The van der Waals surface area contributed by atoms with Gasteiger partial charge in [0.1, 0.15) is 0 Å². The lowest BCUT2D eigenvalue weighted by molar-refractivity contribution is 0.140. The minimum Gasteiger partial charge on any atom is -0.373 e. The molecule has 0 spiro atoms. The Labute approximate surface area is 89.9 Å². The van der Waals surface area contributed by atoms with E-state index in [0.717, 1.165) is 5.19 Å². The minimum absolute atomic E-state index is 0.681. The summed E-state index contributed by atoms with van der Waals surface area (Å²) in [7, 11) is 2.06. The van der Waals surface area contributed by atoms with Crippen molar-refractivity contribution in [2.24, 2.45) is 0 Å². The molecule has 0 saturated carbocycles. The fraction of sp³-hybridized carbons (Fsp3) is 0.333. The molecule has 0 saturated heterocycles. The molecule has 3 nitrogen and oxygen atoms in total. The highest BCUT2D eigenvalue weighted by Crippen LogP contribution is 2.10. The molecule has 1 aromatic rings. The first-order valence-electron chi connectivity index (χ1n) is 4.10. The molecular weight excluding hydrogens is 220 g/mol. The predicted octanol–water partition coefficient (Wildman–Crippen LogP) is 1.43. The fourth-order valence-corrected chi connectivity index (χ4v) is 3.17. The van der Waals surface area contributed by atoms with Gasteiger partial charge in [-0.1, -0.05) is 23.7 Å². The second-order valence-corrected chi connectivity index (χ2v) is 6.03. The Balaban J connectivity index is 3.05. The molecule has 14 heavy (non-hydrogen) atoms. The van der Waals surface area contributed by atoms with E-state index in [1.54, 1.807) is 33.5 Å². The molecule has 78 valence electrons. The van der Waals surface area contributed by atoms with Crippen LogP contribution >= 0.6 is 11.6 Å². The van der Waals surface area contributed by atoms with Crippen LogP contribution in [0.4, 0.5) is 0 Å². The summed E-state index contributed by atoms with van der Waals surface area (Å²) in [4.78, 5) is 0. The van der Waals surface area contributed by atoms with Crippen molar-refractivity contribution in [1.29, 1.82) is 0 Å². The van der Waals surface area contributed by atoms with Gasteiger partial charge in [-0.25, -0.2) is 0 Å². The molecule has 0 atom stereocenters. The van der Waals surface area contributed by atoms with Gasteiger partial charge in [0.25, 0.3) is 0 Å². The molecule has 0 fully saturated rings.